The van der Waals surface area contributed by atoms with Crippen molar-refractivity contribution < 1.29 is 4.74 Å². The van der Waals surface area contributed by atoms with Gasteiger partial charge in [-0.1, -0.05) is 218 Å². The van der Waals surface area contributed by atoms with Gasteiger partial charge in [0.15, 0.2) is 16.1 Å². The molecule has 0 amide bonds. The van der Waals surface area contributed by atoms with Gasteiger partial charge in [0.25, 0.3) is 0 Å². The molecule has 2 nitrogen and oxygen atoms in total. The molecule has 10 aromatic rings. The summed E-state index contributed by atoms with van der Waals surface area (Å²) in [5.41, 5.74) is 8.17. The van der Waals surface area contributed by atoms with Crippen LogP contribution in [0.4, 0.5) is 17.1 Å². The molecular formula is C60H43NOSi2. The molecule has 0 radical (unpaired) electrons. The van der Waals surface area contributed by atoms with E-state index in [0.29, 0.717) is 0 Å². The second kappa shape index (κ2) is 15.5. The Morgan fingerprint density at radius 2 is 0.625 bits per heavy atom. The summed E-state index contributed by atoms with van der Waals surface area (Å²) in [7, 11) is -6.29. The van der Waals surface area contributed by atoms with Crippen LogP contribution in [0.1, 0.15) is 0 Å². The van der Waals surface area contributed by atoms with Crippen LogP contribution in [0.15, 0.2) is 261 Å². The molecule has 0 aromatic heterocycles. The maximum absolute atomic E-state index is 6.90. The SMILES string of the molecule is c1ccc(-c2ccc(N(c3ccc(-c4ccccc4)cc3)c3cccc4c3[Si](c3ccccc3)(c3ccccc3)c3ccccc3[Si]43c4ccccc4Oc4ccccc43)cc2)cc1. The minimum Gasteiger partial charge on any atom is -0.458 e. The van der Waals surface area contributed by atoms with Crippen LogP contribution in [0.25, 0.3) is 22.3 Å². The maximum Gasteiger partial charge on any atom is 0.188 e. The predicted octanol–water partition coefficient (Wildman–Crippen LogP) is 9.66. The fourth-order valence-corrected chi connectivity index (χ4v) is 23.3. The largest absolute Gasteiger partial charge is 0.458 e. The number of hydrogen-bond acceptors (Lipinski definition) is 2. The lowest BCUT2D eigenvalue weighted by Crippen LogP contribution is -2.93. The molecule has 0 N–H and O–H groups in total. The quantitative estimate of drug-likeness (QED) is 0.148. The van der Waals surface area contributed by atoms with Crippen molar-refractivity contribution in [2.24, 2.45) is 0 Å². The Balaban J connectivity index is 1.24. The van der Waals surface area contributed by atoms with Crippen molar-refractivity contribution in [2.45, 2.75) is 0 Å². The lowest BCUT2D eigenvalue weighted by Gasteiger charge is -2.51. The van der Waals surface area contributed by atoms with Crippen LogP contribution in [-0.2, 0) is 0 Å². The van der Waals surface area contributed by atoms with Crippen molar-refractivity contribution in [1.29, 1.82) is 0 Å². The van der Waals surface area contributed by atoms with Crippen LogP contribution < -0.4 is 51.1 Å². The summed E-state index contributed by atoms with van der Waals surface area (Å²) in [6.07, 6.45) is 0. The molecule has 12 rings (SSSR count). The lowest BCUT2D eigenvalue weighted by atomic mass is 10.0. The zero-order valence-corrected chi connectivity index (χ0v) is 37.2. The fourth-order valence-electron chi connectivity index (χ4n) is 10.9. The standard InChI is InChI=1S/C60H43NOSi2/c1-5-20-44(21-6-1)46-36-40-48(41-37-46)61(49-42-38-47(39-43-49)45-22-7-2-8-23-45)52-28-19-35-59-60(52)63(50-24-9-3-10-25-50,51-26-11-4-12-27-51)57-33-17-18-34-58(57)64(59)55-31-15-13-29-53(55)62-54-30-14-16-32-56(54)64/h1-43H. The summed E-state index contributed by atoms with van der Waals surface area (Å²) < 4.78 is 6.90. The van der Waals surface area contributed by atoms with E-state index in [9.17, 15) is 0 Å². The number of fused-ring (bicyclic) bond motifs is 8. The third-order valence-corrected chi connectivity index (χ3v) is 23.8. The van der Waals surface area contributed by atoms with Crippen LogP contribution >= 0.6 is 0 Å². The number of rotatable bonds is 7. The van der Waals surface area contributed by atoms with E-state index in [2.05, 4.69) is 266 Å². The highest BCUT2D eigenvalue weighted by molar-refractivity contribution is 7.33. The minimum atomic E-state index is -3.18. The van der Waals surface area contributed by atoms with Crippen molar-refractivity contribution in [1.82, 2.24) is 0 Å². The molecule has 2 aliphatic heterocycles. The van der Waals surface area contributed by atoms with Crippen molar-refractivity contribution in [2.75, 3.05) is 4.90 Å². The van der Waals surface area contributed by atoms with Gasteiger partial charge in [-0.3, -0.25) is 0 Å². The van der Waals surface area contributed by atoms with Crippen LogP contribution in [-0.4, -0.2) is 16.1 Å². The van der Waals surface area contributed by atoms with Gasteiger partial charge in [0.2, 0.25) is 0 Å². The van der Waals surface area contributed by atoms with Gasteiger partial charge in [-0.25, -0.2) is 0 Å². The zero-order valence-electron chi connectivity index (χ0n) is 35.2. The number of benzene rings is 10. The van der Waals surface area contributed by atoms with E-state index in [1.54, 1.807) is 0 Å². The summed E-state index contributed by atoms with van der Waals surface area (Å²) in [6.45, 7) is 0. The highest BCUT2D eigenvalue weighted by atomic mass is 28.3. The number of hydrogen-bond donors (Lipinski definition) is 0. The molecule has 302 valence electrons. The van der Waals surface area contributed by atoms with Gasteiger partial charge in [-0.05, 0) is 106 Å². The molecule has 4 heteroatoms. The van der Waals surface area contributed by atoms with E-state index in [0.717, 1.165) is 22.9 Å². The van der Waals surface area contributed by atoms with Crippen molar-refractivity contribution in [3.05, 3.63) is 261 Å². The molecule has 10 aromatic carbocycles. The average Bonchev–Trinajstić information content (AvgIpc) is 3.38. The monoisotopic (exact) mass is 849 g/mol. The van der Waals surface area contributed by atoms with E-state index < -0.39 is 16.1 Å². The number of anilines is 3. The van der Waals surface area contributed by atoms with E-state index in [1.807, 2.05) is 0 Å². The molecule has 0 unspecified atom stereocenters. The first-order valence-electron chi connectivity index (χ1n) is 22.1. The van der Waals surface area contributed by atoms with E-state index >= 15 is 0 Å². The van der Waals surface area contributed by atoms with Gasteiger partial charge in [0.1, 0.15) is 11.5 Å². The Hall–Kier alpha value is -7.77. The molecule has 64 heavy (non-hydrogen) atoms. The smallest absolute Gasteiger partial charge is 0.188 e. The molecule has 0 aliphatic carbocycles. The van der Waals surface area contributed by atoms with Gasteiger partial charge in [0, 0.05) is 17.1 Å². The Labute approximate surface area is 377 Å². The number of para-hydroxylation sites is 2. The van der Waals surface area contributed by atoms with E-state index in [1.165, 1.54) is 69.4 Å². The summed E-state index contributed by atoms with van der Waals surface area (Å²) in [4.78, 5) is 2.54. The first-order chi connectivity index (χ1) is 31.8. The number of nitrogens with zero attached hydrogens (tertiary/aromatic N) is 1. The van der Waals surface area contributed by atoms with Gasteiger partial charge in [0.05, 0.1) is 0 Å². The minimum absolute atomic E-state index is 0.942. The summed E-state index contributed by atoms with van der Waals surface area (Å²) in [5.74, 6) is 1.88. The first kappa shape index (κ1) is 38.0. The van der Waals surface area contributed by atoms with E-state index in [4.69, 9.17) is 4.74 Å². The number of ether oxygens (including phenoxy) is 1. The second-order valence-electron chi connectivity index (χ2n) is 16.7. The molecule has 2 aliphatic rings. The summed E-state index contributed by atoms with van der Waals surface area (Å²) in [6, 6.07) is 97.0. The third kappa shape index (κ3) is 5.77. The van der Waals surface area contributed by atoms with Gasteiger partial charge >= 0.3 is 0 Å². The molecule has 0 bridgehead atoms. The average molecular weight is 850 g/mol. The van der Waals surface area contributed by atoms with Crippen LogP contribution in [0.2, 0.25) is 0 Å². The predicted molar refractivity (Wildman–Crippen MR) is 273 cm³/mol. The second-order valence-corrected chi connectivity index (χ2v) is 24.1. The molecule has 2 heterocycles. The molecular weight excluding hydrogens is 807 g/mol. The van der Waals surface area contributed by atoms with Crippen molar-refractivity contribution in [3.63, 3.8) is 0 Å². The molecule has 1 spiro atoms. The zero-order chi connectivity index (χ0) is 42.5. The van der Waals surface area contributed by atoms with Gasteiger partial charge in [-0.15, -0.1) is 0 Å². The van der Waals surface area contributed by atoms with E-state index in [-0.39, 0.29) is 0 Å². The fraction of sp³-hybridized carbons (Fsp3) is 0. The molecule has 0 fully saturated rings. The van der Waals surface area contributed by atoms with Crippen molar-refractivity contribution >= 4 is 74.7 Å². The third-order valence-electron chi connectivity index (χ3n) is 13.5. The first-order valence-corrected chi connectivity index (χ1v) is 26.1. The Bertz CT molecular complexity index is 3120. The normalized spacial score (nSPS) is 13.7. The Kier molecular flexibility index (Phi) is 9.22. The Morgan fingerprint density at radius 1 is 0.266 bits per heavy atom. The maximum atomic E-state index is 6.90. The Morgan fingerprint density at radius 3 is 1.09 bits per heavy atom. The lowest BCUT2D eigenvalue weighted by molar-refractivity contribution is 0.487. The van der Waals surface area contributed by atoms with Crippen molar-refractivity contribution in [3.8, 4) is 33.8 Å². The topological polar surface area (TPSA) is 12.5 Å². The van der Waals surface area contributed by atoms with Gasteiger partial charge in [-0.2, -0.15) is 0 Å². The van der Waals surface area contributed by atoms with Crippen LogP contribution in [0.5, 0.6) is 11.5 Å². The summed E-state index contributed by atoms with van der Waals surface area (Å²) >= 11 is 0. The molecule has 0 atom stereocenters. The highest BCUT2D eigenvalue weighted by Crippen LogP contribution is 2.39. The highest BCUT2D eigenvalue weighted by Gasteiger charge is 2.60. The van der Waals surface area contributed by atoms with Crippen LogP contribution in [0.3, 0.4) is 0 Å². The molecule has 0 saturated heterocycles. The molecule has 0 saturated carbocycles. The van der Waals surface area contributed by atoms with Gasteiger partial charge < -0.3 is 9.64 Å². The summed E-state index contributed by atoms with van der Waals surface area (Å²) in [5, 5.41) is 11.0. The van der Waals surface area contributed by atoms with Crippen LogP contribution in [0, 0.1) is 0 Å².